The molecule has 0 aromatic carbocycles. The minimum absolute atomic E-state index is 1.12. The van der Waals surface area contributed by atoms with E-state index in [1.54, 1.807) is 0 Å². The van der Waals surface area contributed by atoms with E-state index in [0.29, 0.717) is 0 Å². The van der Waals surface area contributed by atoms with Crippen molar-refractivity contribution in [3.05, 3.63) is 0 Å². The topological polar surface area (TPSA) is 91.8 Å². The summed E-state index contributed by atoms with van der Waals surface area (Å²) in [7, 11) is 0. The summed E-state index contributed by atoms with van der Waals surface area (Å²) in [6.45, 7) is 8.16. The number of hydrogen-bond donors (Lipinski definition) is 3. The molecule has 0 radical (unpaired) electrons. The average Bonchev–Trinajstić information content (AvgIpc) is 2.77. The second-order valence-corrected chi connectivity index (χ2v) is 8.80. The number of hydrogen-bond acceptors (Lipinski definition) is 4. The molecule has 0 saturated heterocycles. The first-order valence-corrected chi connectivity index (χ1v) is 13.3. The van der Waals surface area contributed by atoms with Crippen LogP contribution in [-0.4, -0.2) is 44.9 Å². The van der Waals surface area contributed by atoms with E-state index in [1.165, 1.54) is 135 Å². The first kappa shape index (κ1) is 34.3. The van der Waals surface area contributed by atoms with Crippen LogP contribution in [0.4, 0.5) is 13.2 Å². The molecule has 0 heterocycles. The third kappa shape index (κ3) is 33.4. The van der Waals surface area contributed by atoms with E-state index >= 15 is 0 Å². The minimum atomic E-state index is -5.19. The summed E-state index contributed by atoms with van der Waals surface area (Å²) in [6, 6.07) is 0. The molecule has 5 nitrogen and oxygen atoms in total. The monoisotopic (exact) mass is 483 g/mol. The largest absolute Gasteiger partial charge is 0.542 e. The Balaban J connectivity index is 0. The predicted octanol–water partition coefficient (Wildman–Crippen LogP) is 4.36. The molecule has 0 aliphatic heterocycles. The van der Waals surface area contributed by atoms with E-state index in [2.05, 4.69) is 23.3 Å². The van der Waals surface area contributed by atoms with Crippen LogP contribution in [0.2, 0.25) is 0 Å². The predicted molar refractivity (Wildman–Crippen MR) is 129 cm³/mol. The lowest BCUT2D eigenvalue weighted by atomic mass is 10.0. The zero-order chi connectivity index (χ0) is 25.0. The summed E-state index contributed by atoms with van der Waals surface area (Å²) in [5.74, 6) is -3.01. The van der Waals surface area contributed by atoms with E-state index in [-0.39, 0.29) is 0 Å². The van der Waals surface area contributed by atoms with Gasteiger partial charge in [-0.15, -0.1) is 0 Å². The summed E-state index contributed by atoms with van der Waals surface area (Å²) >= 11 is 0. The lowest BCUT2D eigenvalue weighted by molar-refractivity contribution is -0.368. The molecule has 0 aliphatic carbocycles. The Labute approximate surface area is 200 Å². The van der Waals surface area contributed by atoms with Gasteiger partial charge in [0.25, 0.3) is 0 Å². The highest BCUT2D eigenvalue weighted by atomic mass is 19.4. The normalized spacial score (nSPS) is 11.3. The van der Waals surface area contributed by atoms with E-state index in [4.69, 9.17) is 9.90 Å². The Morgan fingerprint density at radius 1 is 0.636 bits per heavy atom. The smallest absolute Gasteiger partial charge is 0.430 e. The van der Waals surface area contributed by atoms with Crippen molar-refractivity contribution in [2.45, 2.75) is 122 Å². The molecular formula is C25H52F3N3O2. The van der Waals surface area contributed by atoms with E-state index in [1.807, 2.05) is 0 Å². The zero-order valence-corrected chi connectivity index (χ0v) is 21.2. The Bertz CT molecular complexity index is 374. The molecule has 0 amide bonds. The molecule has 0 unspecified atom stereocenters. The van der Waals surface area contributed by atoms with Gasteiger partial charge in [-0.1, -0.05) is 77.6 Å². The lowest BCUT2D eigenvalue weighted by Crippen LogP contribution is -2.50. The van der Waals surface area contributed by atoms with E-state index in [9.17, 15) is 13.2 Å². The highest BCUT2D eigenvalue weighted by Gasteiger charge is 2.28. The van der Waals surface area contributed by atoms with Gasteiger partial charge in [-0.25, -0.2) is 0 Å². The summed E-state index contributed by atoms with van der Waals surface area (Å²) in [4.78, 5) is 8.78. The Morgan fingerprint density at radius 2 is 0.909 bits per heavy atom. The molecule has 0 spiro atoms. The standard InChI is InChI=1S/C23H51N3.C2HF3O2/c1-2-20-25-21-17-14-18-23-26-22-16-13-11-9-7-5-3-4-6-8-10-12-15-19-24;3-2(4,5)1(6)7/h25-26H,2-24H2,1H3;(H,6,7). The van der Waals surface area contributed by atoms with Crippen molar-refractivity contribution >= 4 is 5.97 Å². The number of aliphatic carboxylic acids is 1. The minimum Gasteiger partial charge on any atom is -0.542 e. The third-order valence-electron chi connectivity index (χ3n) is 5.47. The molecule has 5 N–H and O–H groups in total. The van der Waals surface area contributed by atoms with Gasteiger partial charge in [0.2, 0.25) is 0 Å². The van der Waals surface area contributed by atoms with E-state index < -0.39 is 12.1 Å². The van der Waals surface area contributed by atoms with Gasteiger partial charge in [0.15, 0.2) is 0 Å². The maximum Gasteiger partial charge on any atom is 0.430 e. The molecule has 200 valence electrons. The Morgan fingerprint density at radius 3 is 1.21 bits per heavy atom. The number of carbonyl (C=O) groups excluding carboxylic acids is 1. The fraction of sp³-hybridized carbons (Fsp3) is 0.960. The quantitative estimate of drug-likeness (QED) is 0.188. The summed E-state index contributed by atoms with van der Waals surface area (Å²) in [6.07, 6.45) is 18.7. The van der Waals surface area contributed by atoms with Crippen LogP contribution < -0.4 is 21.5 Å². The van der Waals surface area contributed by atoms with Gasteiger partial charge in [-0.3, -0.25) is 0 Å². The van der Waals surface area contributed by atoms with Crippen molar-refractivity contribution in [2.75, 3.05) is 32.7 Å². The number of halogens is 3. The van der Waals surface area contributed by atoms with Crippen molar-refractivity contribution in [2.24, 2.45) is 0 Å². The summed E-state index contributed by atoms with van der Waals surface area (Å²) in [5.41, 5.74) is 3.90. The molecule has 0 aromatic heterocycles. The number of carboxylic acids is 1. The molecule has 0 bridgehead atoms. The van der Waals surface area contributed by atoms with Crippen molar-refractivity contribution in [1.82, 2.24) is 10.6 Å². The molecular weight excluding hydrogens is 431 g/mol. The molecule has 8 heteroatoms. The van der Waals surface area contributed by atoms with Crippen molar-refractivity contribution < 1.29 is 28.8 Å². The highest BCUT2D eigenvalue weighted by molar-refractivity contribution is 5.70. The maximum absolute atomic E-state index is 10.5. The zero-order valence-electron chi connectivity index (χ0n) is 21.2. The van der Waals surface area contributed by atoms with Crippen LogP contribution in [0.3, 0.4) is 0 Å². The second-order valence-electron chi connectivity index (χ2n) is 8.80. The van der Waals surface area contributed by atoms with Crippen LogP contribution in [0, 0.1) is 0 Å². The van der Waals surface area contributed by atoms with Gasteiger partial charge in [-0.05, 0) is 64.7 Å². The lowest BCUT2D eigenvalue weighted by Gasteiger charge is -2.06. The SMILES string of the molecule is CCCNCCCCCNCCCCCCCCCCCCCCC[NH3+].O=C([O-])C(F)(F)F. The molecule has 0 saturated carbocycles. The first-order valence-electron chi connectivity index (χ1n) is 13.3. The average molecular weight is 484 g/mol. The van der Waals surface area contributed by atoms with Gasteiger partial charge in [-0.2, -0.15) is 13.2 Å². The number of carboxylic acid groups (broad SMARTS) is 1. The molecule has 0 atom stereocenters. The number of nitrogens with one attached hydrogen (secondary N) is 2. The number of unbranched alkanes of at least 4 members (excludes halogenated alkanes) is 14. The Kier molecular flexibility index (Phi) is 28.5. The van der Waals surface area contributed by atoms with Crippen LogP contribution in [0.5, 0.6) is 0 Å². The third-order valence-corrected chi connectivity index (χ3v) is 5.47. The molecule has 33 heavy (non-hydrogen) atoms. The summed E-state index contributed by atoms with van der Waals surface area (Å²) < 4.78 is 31.5. The van der Waals surface area contributed by atoms with Crippen LogP contribution in [-0.2, 0) is 4.79 Å². The Hall–Kier alpha value is -0.860. The van der Waals surface area contributed by atoms with Crippen LogP contribution >= 0.6 is 0 Å². The number of rotatable bonds is 23. The molecule has 0 aliphatic rings. The number of alkyl halides is 3. The van der Waals surface area contributed by atoms with Gasteiger partial charge >= 0.3 is 6.18 Å². The van der Waals surface area contributed by atoms with Crippen molar-refractivity contribution in [3.8, 4) is 0 Å². The molecule has 0 rings (SSSR count). The maximum atomic E-state index is 10.5. The number of carbonyl (C=O) groups is 1. The van der Waals surface area contributed by atoms with Gasteiger partial charge in [0, 0.05) is 0 Å². The number of quaternary nitrogens is 1. The van der Waals surface area contributed by atoms with Crippen LogP contribution in [0.25, 0.3) is 0 Å². The fourth-order valence-corrected chi connectivity index (χ4v) is 3.47. The van der Waals surface area contributed by atoms with Gasteiger partial charge in [0.1, 0.15) is 5.97 Å². The fourth-order valence-electron chi connectivity index (χ4n) is 3.47. The van der Waals surface area contributed by atoms with Crippen molar-refractivity contribution in [1.29, 1.82) is 0 Å². The van der Waals surface area contributed by atoms with Gasteiger partial charge in [0.05, 0.1) is 6.54 Å². The van der Waals surface area contributed by atoms with Crippen LogP contribution in [0.15, 0.2) is 0 Å². The second kappa shape index (κ2) is 27.4. The van der Waals surface area contributed by atoms with Crippen molar-refractivity contribution in [3.63, 3.8) is 0 Å². The molecule has 0 aromatic rings. The molecule has 0 fully saturated rings. The summed E-state index contributed by atoms with van der Waals surface area (Å²) in [5, 5.41) is 15.9. The van der Waals surface area contributed by atoms with Crippen LogP contribution in [0.1, 0.15) is 116 Å². The highest BCUT2D eigenvalue weighted by Crippen LogP contribution is 2.12. The van der Waals surface area contributed by atoms with E-state index in [0.717, 1.165) is 6.54 Å². The van der Waals surface area contributed by atoms with Gasteiger partial charge < -0.3 is 26.3 Å². The first-order chi connectivity index (χ1) is 15.9.